The van der Waals surface area contributed by atoms with E-state index in [4.69, 9.17) is 5.48 Å². The van der Waals surface area contributed by atoms with Crippen molar-refractivity contribution in [2.45, 2.75) is 0 Å². The summed E-state index contributed by atoms with van der Waals surface area (Å²) in [6.45, 7) is -3.00. The number of rotatable bonds is 2. The molecule has 0 unspecified atom stereocenters. The van der Waals surface area contributed by atoms with Crippen LogP contribution in [0.5, 0.6) is 0 Å². The van der Waals surface area contributed by atoms with Crippen LogP contribution in [0.1, 0.15) is 5.48 Å². The van der Waals surface area contributed by atoms with E-state index >= 15 is 0 Å². The Labute approximate surface area is 76.2 Å². The van der Waals surface area contributed by atoms with Gasteiger partial charge in [-0.15, -0.1) is 0 Å². The van der Waals surface area contributed by atoms with Crippen LogP contribution >= 0.6 is 0 Å². The Bertz CT molecular complexity index is 361. The number of nitro groups is 1. The first kappa shape index (κ1) is 4.45. The van der Waals surface area contributed by atoms with E-state index in [1.54, 1.807) is 0 Å². The first-order chi connectivity index (χ1) is 7.43. The van der Waals surface area contributed by atoms with Crippen LogP contribution in [-0.4, -0.2) is 18.9 Å². The first-order valence-corrected chi connectivity index (χ1v) is 3.15. The zero-order valence-electron chi connectivity index (χ0n) is 10.2. The summed E-state index contributed by atoms with van der Waals surface area (Å²) in [6.07, 6.45) is 0. The second kappa shape index (κ2) is 3.21. The molecule has 1 aromatic carbocycles. The first-order valence-electron chi connectivity index (χ1n) is 5.46. The van der Waals surface area contributed by atoms with Gasteiger partial charge in [-0.2, -0.15) is 0 Å². The second-order valence-corrected chi connectivity index (χ2v) is 2.18. The summed E-state index contributed by atoms with van der Waals surface area (Å²) in [7, 11) is 0. The van der Waals surface area contributed by atoms with E-state index in [1.807, 2.05) is 0 Å². The molecule has 0 heterocycles. The van der Waals surface area contributed by atoms with E-state index in [-0.39, 0.29) is 11.4 Å². The van der Waals surface area contributed by atoms with Crippen molar-refractivity contribution < 1.29 is 10.4 Å². The third-order valence-corrected chi connectivity index (χ3v) is 1.36. The molecule has 0 bridgehead atoms. The summed E-state index contributed by atoms with van der Waals surface area (Å²) in [6, 6.07) is 5.08. The average Bonchev–Trinajstić information content (AvgIpc) is 2.17. The maximum atomic E-state index is 10.4. The molecule has 0 aliphatic carbocycles. The van der Waals surface area contributed by atoms with Gasteiger partial charge in [0.25, 0.3) is 5.69 Å². The van der Waals surface area contributed by atoms with Crippen molar-refractivity contribution in [3.05, 3.63) is 34.4 Å². The van der Waals surface area contributed by atoms with Crippen LogP contribution in [0.2, 0.25) is 0 Å². The number of nitro benzene ring substituents is 1. The summed E-state index contributed by atoms with van der Waals surface area (Å²) in [5.74, 6) is 0. The molecule has 0 N–H and O–H groups in total. The minimum absolute atomic E-state index is 0.110. The van der Waals surface area contributed by atoms with Gasteiger partial charge in [0, 0.05) is 37.3 Å². The fraction of sp³-hybridized carbons (Fsp3) is 0.250. The minimum Gasteiger partial charge on any atom is -0.378 e. The van der Waals surface area contributed by atoms with E-state index in [2.05, 4.69) is 0 Å². The standard InChI is InChI=1S/C8H10N2O2/c1-9(2)7-3-5-8(6-4-7)10(11)12/h3-6H,1-2H3/i1D2,2D2. The van der Waals surface area contributed by atoms with Crippen molar-refractivity contribution in [2.75, 3.05) is 18.9 Å². The van der Waals surface area contributed by atoms with Gasteiger partial charge in [0.05, 0.1) is 4.92 Å². The molecule has 0 aromatic heterocycles. The molecule has 4 nitrogen and oxygen atoms in total. The van der Waals surface area contributed by atoms with Crippen LogP contribution in [0.25, 0.3) is 0 Å². The van der Waals surface area contributed by atoms with Gasteiger partial charge >= 0.3 is 0 Å². The molecule has 0 atom stereocenters. The van der Waals surface area contributed by atoms with E-state index in [0.29, 0.717) is 0 Å². The highest BCUT2D eigenvalue weighted by Gasteiger charge is 2.03. The predicted molar refractivity (Wildman–Crippen MR) is 47.4 cm³/mol. The van der Waals surface area contributed by atoms with Crippen LogP contribution in [-0.2, 0) is 0 Å². The van der Waals surface area contributed by atoms with Crippen molar-refractivity contribution in [1.82, 2.24) is 0 Å². The Morgan fingerprint density at radius 3 is 2.42 bits per heavy atom. The van der Waals surface area contributed by atoms with Crippen molar-refractivity contribution >= 4 is 11.4 Å². The molecule has 4 heteroatoms. The van der Waals surface area contributed by atoms with Crippen molar-refractivity contribution in [3.8, 4) is 0 Å². The molecule has 1 rings (SSSR count). The lowest BCUT2D eigenvalue weighted by molar-refractivity contribution is -0.384. The summed E-state index contributed by atoms with van der Waals surface area (Å²) in [5.41, 5.74) is 0.164. The van der Waals surface area contributed by atoms with E-state index in [9.17, 15) is 10.1 Å². The van der Waals surface area contributed by atoms with Gasteiger partial charge in [-0.25, -0.2) is 0 Å². The fourth-order valence-corrected chi connectivity index (χ4v) is 0.746. The normalized spacial score (nSPS) is 14.8. The molecule has 12 heavy (non-hydrogen) atoms. The Morgan fingerprint density at radius 2 is 2.00 bits per heavy atom. The lowest BCUT2D eigenvalue weighted by Crippen LogP contribution is -2.08. The molecule has 0 spiro atoms. The summed E-state index contributed by atoms with van der Waals surface area (Å²) < 4.78 is 28.6. The quantitative estimate of drug-likeness (QED) is 0.501. The maximum Gasteiger partial charge on any atom is 0.269 e. The van der Waals surface area contributed by atoms with E-state index < -0.39 is 18.9 Å². The minimum atomic E-state index is -1.50. The summed E-state index contributed by atoms with van der Waals surface area (Å²) >= 11 is 0. The Morgan fingerprint density at radius 1 is 1.42 bits per heavy atom. The molecule has 0 fully saturated rings. The zero-order valence-corrected chi connectivity index (χ0v) is 6.18. The number of anilines is 1. The highest BCUT2D eigenvalue weighted by molar-refractivity contribution is 5.49. The third kappa shape index (κ3) is 1.72. The van der Waals surface area contributed by atoms with Crippen LogP contribution in [0, 0.1) is 10.1 Å². The molecule has 0 amide bonds. The van der Waals surface area contributed by atoms with E-state index in [0.717, 1.165) is 4.90 Å². The van der Waals surface area contributed by atoms with Gasteiger partial charge in [-0.1, -0.05) is 0 Å². The smallest absolute Gasteiger partial charge is 0.269 e. The third-order valence-electron chi connectivity index (χ3n) is 1.36. The molecular weight excluding hydrogens is 156 g/mol. The topological polar surface area (TPSA) is 46.4 Å². The van der Waals surface area contributed by atoms with Crippen LogP contribution in [0.3, 0.4) is 0 Å². The van der Waals surface area contributed by atoms with Crippen molar-refractivity contribution in [3.63, 3.8) is 0 Å². The van der Waals surface area contributed by atoms with Gasteiger partial charge in [0.1, 0.15) is 0 Å². The number of hydrogen-bond acceptors (Lipinski definition) is 3. The summed E-state index contributed by atoms with van der Waals surface area (Å²) in [4.78, 5) is 10.7. The van der Waals surface area contributed by atoms with Crippen molar-refractivity contribution in [2.24, 2.45) is 0 Å². The number of hydrogen-bond donors (Lipinski definition) is 0. The molecule has 0 saturated heterocycles. The van der Waals surface area contributed by atoms with Gasteiger partial charge in [0.15, 0.2) is 0 Å². The SMILES string of the molecule is [2H]C([2H])N(c1ccc([N+](=O)[O-])cc1)C([2H])[2H]. The number of benzene rings is 1. The lowest BCUT2D eigenvalue weighted by Gasteiger charge is -2.10. The molecule has 0 aliphatic heterocycles. The van der Waals surface area contributed by atoms with Crippen LogP contribution < -0.4 is 4.90 Å². The van der Waals surface area contributed by atoms with Gasteiger partial charge in [-0.05, 0) is 12.1 Å². The van der Waals surface area contributed by atoms with Crippen molar-refractivity contribution in [1.29, 1.82) is 0 Å². The van der Waals surface area contributed by atoms with E-state index in [1.165, 1.54) is 24.3 Å². The van der Waals surface area contributed by atoms with Gasteiger partial charge in [-0.3, -0.25) is 10.1 Å². The Kier molecular flexibility index (Phi) is 1.19. The molecule has 0 radical (unpaired) electrons. The predicted octanol–water partition coefficient (Wildman–Crippen LogP) is 1.66. The highest BCUT2D eigenvalue weighted by Crippen LogP contribution is 2.16. The lowest BCUT2D eigenvalue weighted by atomic mass is 10.3. The molecule has 64 valence electrons. The van der Waals surface area contributed by atoms with Crippen LogP contribution in [0.15, 0.2) is 24.3 Å². The number of nitrogens with zero attached hydrogens (tertiary/aromatic N) is 2. The molecule has 0 aliphatic rings. The van der Waals surface area contributed by atoms with Crippen LogP contribution in [0.4, 0.5) is 11.4 Å². The van der Waals surface area contributed by atoms with Gasteiger partial charge in [0.2, 0.25) is 0 Å². The zero-order chi connectivity index (χ0) is 12.3. The average molecular weight is 170 g/mol. The summed E-state index contributed by atoms with van der Waals surface area (Å²) in [5, 5.41) is 10.4. The molecule has 0 saturated carbocycles. The maximum absolute atomic E-state index is 10.4. The Balaban J connectivity index is 2.99. The second-order valence-electron chi connectivity index (χ2n) is 2.18. The highest BCUT2D eigenvalue weighted by atomic mass is 16.6. The largest absolute Gasteiger partial charge is 0.378 e. The monoisotopic (exact) mass is 170 g/mol. The fourth-order valence-electron chi connectivity index (χ4n) is 0.746. The number of non-ortho nitro benzene ring substituents is 1. The van der Waals surface area contributed by atoms with Gasteiger partial charge < -0.3 is 4.90 Å². The Hall–Kier alpha value is -1.58. The molecular formula is C8H10N2O2. The molecule has 1 aromatic rings.